The van der Waals surface area contributed by atoms with Gasteiger partial charge in [-0.25, -0.2) is 0 Å². The van der Waals surface area contributed by atoms with Crippen molar-refractivity contribution in [3.8, 4) is 5.69 Å². The largest absolute Gasteiger partial charge is 0.388 e. The van der Waals surface area contributed by atoms with Crippen molar-refractivity contribution in [1.29, 1.82) is 0 Å². The minimum absolute atomic E-state index is 0.103. The molecule has 0 saturated heterocycles. The maximum absolute atomic E-state index is 9.25. The third kappa shape index (κ3) is 1.84. The second-order valence-electron chi connectivity index (χ2n) is 3.96. The van der Waals surface area contributed by atoms with Crippen LogP contribution in [-0.2, 0) is 6.61 Å². The van der Waals surface area contributed by atoms with Crippen LogP contribution in [0.3, 0.4) is 0 Å². The summed E-state index contributed by atoms with van der Waals surface area (Å²) in [6.07, 6.45) is 0. The Balaban J connectivity index is 2.57. The van der Waals surface area contributed by atoms with Crippen LogP contribution in [0.4, 0.5) is 0 Å². The van der Waals surface area contributed by atoms with Crippen molar-refractivity contribution in [1.82, 2.24) is 14.8 Å². The second-order valence-corrected chi connectivity index (χ2v) is 3.96. The zero-order chi connectivity index (χ0) is 11.5. The molecule has 0 aliphatic rings. The van der Waals surface area contributed by atoms with Crippen LogP contribution in [0.2, 0.25) is 0 Å². The van der Waals surface area contributed by atoms with Gasteiger partial charge in [-0.05, 0) is 12.1 Å². The molecule has 0 amide bonds. The van der Waals surface area contributed by atoms with E-state index in [-0.39, 0.29) is 12.5 Å². The fraction of sp³-hybridized carbons (Fsp3) is 0.333. The van der Waals surface area contributed by atoms with Gasteiger partial charge in [-0.2, -0.15) is 0 Å². The first kappa shape index (κ1) is 10.8. The Hall–Kier alpha value is -1.68. The van der Waals surface area contributed by atoms with Crippen molar-refractivity contribution >= 4 is 0 Å². The molecule has 1 aromatic carbocycles. The fourth-order valence-corrected chi connectivity index (χ4v) is 1.66. The molecule has 16 heavy (non-hydrogen) atoms. The minimum Gasteiger partial charge on any atom is -0.388 e. The smallest absolute Gasteiger partial charge is 0.163 e. The predicted molar refractivity (Wildman–Crippen MR) is 61.4 cm³/mol. The molecule has 4 heteroatoms. The monoisotopic (exact) mass is 217 g/mol. The quantitative estimate of drug-likeness (QED) is 0.854. The third-order valence-electron chi connectivity index (χ3n) is 2.43. The van der Waals surface area contributed by atoms with Crippen LogP contribution < -0.4 is 0 Å². The lowest BCUT2D eigenvalue weighted by Gasteiger charge is -2.10. The summed E-state index contributed by atoms with van der Waals surface area (Å²) in [5.74, 6) is 1.72. The Morgan fingerprint density at radius 1 is 1.19 bits per heavy atom. The van der Waals surface area contributed by atoms with Gasteiger partial charge in [-0.3, -0.25) is 4.57 Å². The van der Waals surface area contributed by atoms with Gasteiger partial charge in [0.15, 0.2) is 5.82 Å². The van der Waals surface area contributed by atoms with Crippen molar-refractivity contribution in [3.63, 3.8) is 0 Å². The third-order valence-corrected chi connectivity index (χ3v) is 2.43. The molecule has 2 rings (SSSR count). The lowest BCUT2D eigenvalue weighted by atomic mass is 10.2. The number of hydrogen-bond donors (Lipinski definition) is 1. The lowest BCUT2D eigenvalue weighted by molar-refractivity contribution is 0.268. The highest BCUT2D eigenvalue weighted by Crippen LogP contribution is 2.19. The number of nitrogens with zero attached hydrogens (tertiary/aromatic N) is 3. The molecule has 0 unspecified atom stereocenters. The molecule has 0 spiro atoms. The van der Waals surface area contributed by atoms with Crippen molar-refractivity contribution in [2.75, 3.05) is 0 Å². The number of aliphatic hydroxyl groups is 1. The van der Waals surface area contributed by atoms with Gasteiger partial charge in [0, 0.05) is 11.6 Å². The lowest BCUT2D eigenvalue weighted by Crippen LogP contribution is -2.06. The van der Waals surface area contributed by atoms with Crippen LogP contribution in [-0.4, -0.2) is 19.9 Å². The Kier molecular flexibility index (Phi) is 3.01. The first-order valence-corrected chi connectivity index (χ1v) is 5.34. The van der Waals surface area contributed by atoms with Crippen molar-refractivity contribution in [2.24, 2.45) is 0 Å². The van der Waals surface area contributed by atoms with Crippen molar-refractivity contribution < 1.29 is 5.11 Å². The predicted octanol–water partition coefficient (Wildman–Crippen LogP) is 1.88. The average molecular weight is 217 g/mol. The van der Waals surface area contributed by atoms with Crippen LogP contribution in [0.15, 0.2) is 30.3 Å². The zero-order valence-corrected chi connectivity index (χ0v) is 9.46. The molecule has 1 N–H and O–H groups in total. The minimum atomic E-state index is -0.103. The summed E-state index contributed by atoms with van der Waals surface area (Å²) >= 11 is 0. The number of para-hydroxylation sites is 1. The van der Waals surface area contributed by atoms with Crippen LogP contribution in [0.5, 0.6) is 0 Å². The summed E-state index contributed by atoms with van der Waals surface area (Å²) < 4.78 is 1.91. The van der Waals surface area contributed by atoms with E-state index in [1.165, 1.54) is 0 Å². The molecule has 0 aliphatic heterocycles. The van der Waals surface area contributed by atoms with E-state index in [0.717, 1.165) is 11.5 Å². The Labute approximate surface area is 94.6 Å². The highest BCUT2D eigenvalue weighted by molar-refractivity contribution is 5.34. The van der Waals surface area contributed by atoms with Crippen LogP contribution >= 0.6 is 0 Å². The summed E-state index contributed by atoms with van der Waals surface area (Å²) in [5.41, 5.74) is 0.986. The second kappa shape index (κ2) is 4.45. The molecule has 0 radical (unpaired) electrons. The highest BCUT2D eigenvalue weighted by Gasteiger charge is 2.15. The average Bonchev–Trinajstić information content (AvgIpc) is 2.73. The molecule has 0 aliphatic carbocycles. The molecule has 4 nitrogen and oxygen atoms in total. The summed E-state index contributed by atoms with van der Waals surface area (Å²) in [5, 5.41) is 17.4. The molecule has 0 fully saturated rings. The van der Waals surface area contributed by atoms with Crippen LogP contribution in [0, 0.1) is 0 Å². The van der Waals surface area contributed by atoms with Gasteiger partial charge in [-0.1, -0.05) is 32.0 Å². The molecular weight excluding hydrogens is 202 g/mol. The number of aromatic nitrogens is 3. The highest BCUT2D eigenvalue weighted by atomic mass is 16.3. The summed E-state index contributed by atoms with van der Waals surface area (Å²) in [6, 6.07) is 9.84. The van der Waals surface area contributed by atoms with Crippen molar-refractivity contribution in [2.45, 2.75) is 26.4 Å². The fourth-order valence-electron chi connectivity index (χ4n) is 1.66. The number of hydrogen-bond acceptors (Lipinski definition) is 3. The first-order chi connectivity index (χ1) is 7.74. The maximum atomic E-state index is 9.25. The van der Waals surface area contributed by atoms with E-state index in [0.29, 0.717) is 5.82 Å². The summed E-state index contributed by atoms with van der Waals surface area (Å²) in [4.78, 5) is 0. The van der Waals surface area contributed by atoms with E-state index in [1.54, 1.807) is 0 Å². The Bertz CT molecular complexity index is 462. The van der Waals surface area contributed by atoms with E-state index < -0.39 is 0 Å². The van der Waals surface area contributed by atoms with Gasteiger partial charge in [0.2, 0.25) is 0 Å². The SMILES string of the molecule is CC(C)c1nnc(CO)n1-c1ccccc1. The maximum Gasteiger partial charge on any atom is 0.163 e. The van der Waals surface area contributed by atoms with E-state index in [4.69, 9.17) is 0 Å². The normalized spacial score (nSPS) is 11.0. The van der Waals surface area contributed by atoms with Gasteiger partial charge in [-0.15, -0.1) is 10.2 Å². The molecule has 0 atom stereocenters. The number of aliphatic hydroxyl groups excluding tert-OH is 1. The molecular formula is C12H15N3O. The zero-order valence-electron chi connectivity index (χ0n) is 9.46. The molecule has 2 aromatic rings. The summed E-state index contributed by atoms with van der Waals surface area (Å²) in [6.45, 7) is 4.02. The van der Waals surface area contributed by atoms with E-state index >= 15 is 0 Å². The standard InChI is InChI=1S/C12H15N3O/c1-9(2)12-14-13-11(8-16)15(12)10-6-4-3-5-7-10/h3-7,9,16H,8H2,1-2H3. The van der Waals surface area contributed by atoms with E-state index in [2.05, 4.69) is 24.0 Å². The first-order valence-electron chi connectivity index (χ1n) is 5.34. The number of rotatable bonds is 3. The molecule has 0 bridgehead atoms. The van der Waals surface area contributed by atoms with Gasteiger partial charge in [0.1, 0.15) is 12.4 Å². The molecule has 1 aromatic heterocycles. The summed E-state index contributed by atoms with van der Waals surface area (Å²) in [7, 11) is 0. The molecule has 84 valence electrons. The van der Waals surface area contributed by atoms with Gasteiger partial charge in [0.25, 0.3) is 0 Å². The van der Waals surface area contributed by atoms with E-state index in [1.807, 2.05) is 34.9 Å². The Morgan fingerprint density at radius 3 is 2.44 bits per heavy atom. The van der Waals surface area contributed by atoms with Crippen LogP contribution in [0.25, 0.3) is 5.69 Å². The van der Waals surface area contributed by atoms with Gasteiger partial charge in [0.05, 0.1) is 0 Å². The molecule has 0 saturated carbocycles. The van der Waals surface area contributed by atoms with Crippen molar-refractivity contribution in [3.05, 3.63) is 42.0 Å². The van der Waals surface area contributed by atoms with Crippen LogP contribution in [0.1, 0.15) is 31.4 Å². The van der Waals surface area contributed by atoms with Gasteiger partial charge < -0.3 is 5.11 Å². The van der Waals surface area contributed by atoms with Gasteiger partial charge >= 0.3 is 0 Å². The van der Waals surface area contributed by atoms with E-state index in [9.17, 15) is 5.11 Å². The Morgan fingerprint density at radius 2 is 1.88 bits per heavy atom. The topological polar surface area (TPSA) is 50.9 Å². The number of benzene rings is 1. The molecule has 1 heterocycles.